The first-order valence-electron chi connectivity index (χ1n) is 5.51. The van der Waals surface area contributed by atoms with Gasteiger partial charge in [0.15, 0.2) is 0 Å². The molecule has 1 aromatic heterocycles. The molecule has 0 aliphatic heterocycles. The average Bonchev–Trinajstić information content (AvgIpc) is 2.45. The highest BCUT2D eigenvalue weighted by Crippen LogP contribution is 2.02. The number of hydrogen-bond donors (Lipinski definition) is 1. The SMILES string of the molecule is OCc1ccc(C#CC#Cc2ccccn2)cc1. The second-order valence-electron chi connectivity index (χ2n) is 3.57. The van der Waals surface area contributed by atoms with Crippen LogP contribution in [0.2, 0.25) is 0 Å². The van der Waals surface area contributed by atoms with Crippen molar-refractivity contribution >= 4 is 0 Å². The van der Waals surface area contributed by atoms with Crippen LogP contribution >= 0.6 is 0 Å². The first-order valence-corrected chi connectivity index (χ1v) is 5.51. The summed E-state index contributed by atoms with van der Waals surface area (Å²) in [5.74, 6) is 11.3. The monoisotopic (exact) mass is 233 g/mol. The molecule has 0 radical (unpaired) electrons. The molecule has 2 rings (SSSR count). The van der Waals surface area contributed by atoms with E-state index in [1.807, 2.05) is 42.5 Å². The van der Waals surface area contributed by atoms with Crippen molar-refractivity contribution in [2.45, 2.75) is 6.61 Å². The number of aliphatic hydroxyl groups excluding tert-OH is 1. The summed E-state index contributed by atoms with van der Waals surface area (Å²) in [6.07, 6.45) is 1.70. The van der Waals surface area contributed by atoms with Gasteiger partial charge in [0.05, 0.1) is 6.61 Å². The molecule has 0 saturated carbocycles. The topological polar surface area (TPSA) is 33.1 Å². The lowest BCUT2D eigenvalue weighted by Crippen LogP contribution is -1.82. The first-order chi connectivity index (χ1) is 8.88. The van der Waals surface area contributed by atoms with Crippen LogP contribution in [-0.4, -0.2) is 10.1 Å². The van der Waals surface area contributed by atoms with Gasteiger partial charge in [-0.3, -0.25) is 0 Å². The summed E-state index contributed by atoms with van der Waals surface area (Å²) in [5, 5.41) is 8.90. The molecule has 2 nitrogen and oxygen atoms in total. The molecule has 2 heteroatoms. The van der Waals surface area contributed by atoms with E-state index in [0.29, 0.717) is 5.69 Å². The predicted octanol–water partition coefficient (Wildman–Crippen LogP) is 1.98. The van der Waals surface area contributed by atoms with Crippen LogP contribution in [-0.2, 0) is 6.61 Å². The number of rotatable bonds is 1. The van der Waals surface area contributed by atoms with Gasteiger partial charge in [0.2, 0.25) is 0 Å². The Labute approximate surface area is 106 Å². The summed E-state index contributed by atoms with van der Waals surface area (Å²) >= 11 is 0. The number of pyridine rings is 1. The van der Waals surface area contributed by atoms with E-state index in [1.165, 1.54) is 0 Å². The first kappa shape index (κ1) is 11.9. The van der Waals surface area contributed by atoms with E-state index < -0.39 is 0 Å². The summed E-state index contributed by atoms with van der Waals surface area (Å²) < 4.78 is 0. The fourth-order valence-corrected chi connectivity index (χ4v) is 1.33. The molecule has 0 fully saturated rings. The van der Waals surface area contributed by atoms with Crippen LogP contribution in [0.15, 0.2) is 48.7 Å². The molecule has 0 amide bonds. The Kier molecular flexibility index (Phi) is 4.14. The van der Waals surface area contributed by atoms with Gasteiger partial charge in [0.25, 0.3) is 0 Å². The molecular weight excluding hydrogens is 222 g/mol. The van der Waals surface area contributed by atoms with E-state index in [4.69, 9.17) is 5.11 Å². The molecule has 1 aromatic carbocycles. The maximum atomic E-state index is 8.90. The highest BCUT2D eigenvalue weighted by atomic mass is 16.3. The summed E-state index contributed by atoms with van der Waals surface area (Å²) in [6, 6.07) is 13.0. The lowest BCUT2D eigenvalue weighted by molar-refractivity contribution is 0.282. The van der Waals surface area contributed by atoms with E-state index in [0.717, 1.165) is 11.1 Å². The summed E-state index contributed by atoms with van der Waals surface area (Å²) in [7, 11) is 0. The highest BCUT2D eigenvalue weighted by molar-refractivity contribution is 5.43. The fourth-order valence-electron chi connectivity index (χ4n) is 1.33. The average molecular weight is 233 g/mol. The summed E-state index contributed by atoms with van der Waals surface area (Å²) in [5.41, 5.74) is 2.46. The Hall–Kier alpha value is -2.55. The molecule has 0 unspecified atom stereocenters. The fraction of sp³-hybridized carbons (Fsp3) is 0.0625. The molecular formula is C16H11NO. The number of hydrogen-bond acceptors (Lipinski definition) is 2. The van der Waals surface area contributed by atoms with Crippen molar-refractivity contribution in [3.63, 3.8) is 0 Å². The van der Waals surface area contributed by atoms with E-state index >= 15 is 0 Å². The molecule has 0 spiro atoms. The normalized spacial score (nSPS) is 8.72. The second-order valence-corrected chi connectivity index (χ2v) is 3.57. The number of aliphatic hydroxyl groups is 1. The van der Waals surface area contributed by atoms with Gasteiger partial charge in [0, 0.05) is 11.8 Å². The molecule has 0 aliphatic rings. The molecule has 86 valence electrons. The zero-order valence-corrected chi connectivity index (χ0v) is 9.72. The summed E-state index contributed by atoms with van der Waals surface area (Å²) in [4.78, 5) is 4.08. The molecule has 0 saturated heterocycles. The molecule has 1 heterocycles. The molecule has 1 N–H and O–H groups in total. The minimum atomic E-state index is 0.0488. The van der Waals surface area contributed by atoms with E-state index in [9.17, 15) is 0 Å². The molecule has 2 aromatic rings. The van der Waals surface area contributed by atoms with Crippen LogP contribution in [0, 0.1) is 23.7 Å². The van der Waals surface area contributed by atoms with Crippen LogP contribution in [0.4, 0.5) is 0 Å². The van der Waals surface area contributed by atoms with Crippen molar-refractivity contribution in [3.8, 4) is 23.7 Å². The Bertz CT molecular complexity index is 622. The van der Waals surface area contributed by atoms with Crippen LogP contribution in [0.1, 0.15) is 16.8 Å². The van der Waals surface area contributed by atoms with Gasteiger partial charge >= 0.3 is 0 Å². The van der Waals surface area contributed by atoms with Gasteiger partial charge in [-0.1, -0.05) is 24.1 Å². The number of aromatic nitrogens is 1. The summed E-state index contributed by atoms with van der Waals surface area (Å²) in [6.45, 7) is 0.0488. The molecule has 0 atom stereocenters. The smallest absolute Gasteiger partial charge is 0.114 e. The van der Waals surface area contributed by atoms with Crippen LogP contribution < -0.4 is 0 Å². The Balaban J connectivity index is 2.06. The maximum Gasteiger partial charge on any atom is 0.114 e. The minimum absolute atomic E-state index is 0.0488. The Morgan fingerprint density at radius 3 is 2.39 bits per heavy atom. The lowest BCUT2D eigenvalue weighted by Gasteiger charge is -1.93. The van der Waals surface area contributed by atoms with Crippen molar-refractivity contribution in [1.29, 1.82) is 0 Å². The maximum absolute atomic E-state index is 8.90. The van der Waals surface area contributed by atoms with E-state index in [2.05, 4.69) is 28.7 Å². The quantitative estimate of drug-likeness (QED) is 0.764. The lowest BCUT2D eigenvalue weighted by atomic mass is 10.1. The third kappa shape index (κ3) is 3.49. The zero-order valence-electron chi connectivity index (χ0n) is 9.72. The third-order valence-electron chi connectivity index (χ3n) is 2.26. The predicted molar refractivity (Wildman–Crippen MR) is 70.4 cm³/mol. The molecule has 0 aliphatic carbocycles. The van der Waals surface area contributed by atoms with Gasteiger partial charge < -0.3 is 5.11 Å². The number of nitrogens with zero attached hydrogens (tertiary/aromatic N) is 1. The van der Waals surface area contributed by atoms with Crippen molar-refractivity contribution in [1.82, 2.24) is 4.98 Å². The van der Waals surface area contributed by atoms with E-state index in [-0.39, 0.29) is 6.61 Å². The van der Waals surface area contributed by atoms with Crippen LogP contribution in [0.25, 0.3) is 0 Å². The van der Waals surface area contributed by atoms with Gasteiger partial charge in [-0.2, -0.15) is 0 Å². The van der Waals surface area contributed by atoms with Crippen LogP contribution in [0.5, 0.6) is 0 Å². The van der Waals surface area contributed by atoms with Gasteiger partial charge in [-0.15, -0.1) is 0 Å². The minimum Gasteiger partial charge on any atom is -0.392 e. The largest absolute Gasteiger partial charge is 0.392 e. The Morgan fingerprint density at radius 1 is 0.944 bits per heavy atom. The van der Waals surface area contributed by atoms with Gasteiger partial charge in [-0.05, 0) is 47.6 Å². The highest BCUT2D eigenvalue weighted by Gasteiger charge is 1.88. The van der Waals surface area contributed by atoms with Crippen molar-refractivity contribution in [2.24, 2.45) is 0 Å². The van der Waals surface area contributed by atoms with Gasteiger partial charge in [0.1, 0.15) is 5.69 Å². The van der Waals surface area contributed by atoms with Crippen molar-refractivity contribution < 1.29 is 5.11 Å². The van der Waals surface area contributed by atoms with E-state index in [1.54, 1.807) is 6.20 Å². The standard InChI is InChI=1S/C16H11NO/c18-13-15-10-8-14(9-11-15)5-1-2-6-16-7-3-4-12-17-16/h3-4,7-12,18H,13H2. The van der Waals surface area contributed by atoms with Crippen molar-refractivity contribution in [3.05, 3.63) is 65.5 Å². The zero-order chi connectivity index (χ0) is 12.6. The number of benzene rings is 1. The second kappa shape index (κ2) is 6.25. The van der Waals surface area contributed by atoms with Crippen LogP contribution in [0.3, 0.4) is 0 Å². The Morgan fingerprint density at radius 2 is 1.72 bits per heavy atom. The van der Waals surface area contributed by atoms with Crippen molar-refractivity contribution in [2.75, 3.05) is 0 Å². The molecule has 18 heavy (non-hydrogen) atoms. The molecule has 0 bridgehead atoms. The van der Waals surface area contributed by atoms with Gasteiger partial charge in [-0.25, -0.2) is 4.98 Å². The third-order valence-corrected chi connectivity index (χ3v) is 2.26.